The van der Waals surface area contributed by atoms with Gasteiger partial charge < -0.3 is 25.6 Å². The van der Waals surface area contributed by atoms with Crippen LogP contribution in [0.15, 0.2) is 42.6 Å². The first-order chi connectivity index (χ1) is 21.0. The third-order valence-corrected chi connectivity index (χ3v) is 9.40. The topological polar surface area (TPSA) is 142 Å². The molecule has 4 N–H and O–H groups in total. The number of primary amides is 1. The van der Waals surface area contributed by atoms with Crippen LogP contribution in [0.2, 0.25) is 10.0 Å². The fourth-order valence-electron chi connectivity index (χ4n) is 5.95. The summed E-state index contributed by atoms with van der Waals surface area (Å²) in [6.07, 6.45) is 5.58. The van der Waals surface area contributed by atoms with Gasteiger partial charge in [-0.15, -0.1) is 0 Å². The number of aliphatic hydroxyl groups is 1. The average molecular weight is 637 g/mol. The van der Waals surface area contributed by atoms with Crippen LogP contribution in [-0.2, 0) is 15.8 Å². The van der Waals surface area contributed by atoms with Crippen molar-refractivity contribution < 1.29 is 24.2 Å². The number of fused-ring (bicyclic) bond motifs is 2. The Balaban J connectivity index is 1.26. The summed E-state index contributed by atoms with van der Waals surface area (Å²) < 4.78 is 13.5. The number of carbonyl (C=O) groups excluding carboxylic acids is 2. The second kappa shape index (κ2) is 10.4. The number of pyridine rings is 1. The zero-order valence-corrected chi connectivity index (χ0v) is 25.7. The number of methoxy groups -OCH3 is 1. The van der Waals surface area contributed by atoms with E-state index < -0.39 is 16.9 Å². The molecule has 2 amide bonds. The number of aromatic nitrogens is 3. The first-order valence-corrected chi connectivity index (χ1v) is 15.3. The zero-order chi connectivity index (χ0) is 31.0. The molecular weight excluding hydrogens is 605 g/mol. The van der Waals surface area contributed by atoms with E-state index in [9.17, 15) is 14.7 Å². The molecule has 0 spiro atoms. The molecule has 228 valence electrons. The van der Waals surface area contributed by atoms with E-state index in [2.05, 4.69) is 10.4 Å². The molecule has 2 aromatic heterocycles. The maximum atomic E-state index is 13.5. The van der Waals surface area contributed by atoms with Crippen molar-refractivity contribution >= 4 is 45.9 Å². The van der Waals surface area contributed by atoms with Gasteiger partial charge in [-0.1, -0.05) is 23.2 Å². The van der Waals surface area contributed by atoms with Crippen molar-refractivity contribution in [3.05, 3.63) is 69.5 Å². The van der Waals surface area contributed by atoms with Gasteiger partial charge in [-0.2, -0.15) is 5.10 Å². The van der Waals surface area contributed by atoms with E-state index in [0.717, 1.165) is 31.1 Å². The van der Waals surface area contributed by atoms with Crippen LogP contribution < -0.4 is 20.5 Å². The van der Waals surface area contributed by atoms with E-state index in [1.165, 1.54) is 0 Å². The third-order valence-electron chi connectivity index (χ3n) is 8.96. The number of hydrogen-bond donors (Lipinski definition) is 3. The van der Waals surface area contributed by atoms with Crippen molar-refractivity contribution in [2.45, 2.75) is 49.7 Å². The lowest BCUT2D eigenvalue weighted by molar-refractivity contribution is -0.123. The summed E-state index contributed by atoms with van der Waals surface area (Å²) in [5, 5.41) is 21.4. The van der Waals surface area contributed by atoms with Crippen LogP contribution in [0.4, 0.5) is 0 Å². The van der Waals surface area contributed by atoms with Gasteiger partial charge >= 0.3 is 0 Å². The van der Waals surface area contributed by atoms with Crippen molar-refractivity contribution in [1.82, 2.24) is 20.1 Å². The van der Waals surface area contributed by atoms with Gasteiger partial charge in [-0.25, -0.2) is 4.98 Å². The Bertz CT molecular complexity index is 1830. The molecule has 10 nitrogen and oxygen atoms in total. The summed E-state index contributed by atoms with van der Waals surface area (Å²) in [7, 11) is 1.55. The number of amides is 2. The van der Waals surface area contributed by atoms with Crippen LogP contribution in [-0.4, -0.2) is 51.9 Å². The number of nitrogens with one attached hydrogen (secondary N) is 1. The minimum Gasteiger partial charge on any atom is -0.494 e. The number of halogens is 2. The lowest BCUT2D eigenvalue weighted by Crippen LogP contribution is -2.44. The molecule has 2 fully saturated rings. The standard InChI is InChI=1S/C32H31Cl2N5O5/c1-31(30(35)41)15-44-28-23(31)12-25(37-27(28)16-8-20(33)11-21(34)9-16)32(42,19-3-4-19)14-36-29(40)17-7-18-13-39(22-5-6-22)38-26(18)24(10-17)43-2/h7-13,19,22,42H,3-6,14-15H2,1-2H3,(H2,35,41)(H,36,40)/t31-,32+/m0/s1. The second-order valence-corrected chi connectivity index (χ2v) is 13.1. The average Bonchev–Trinajstić information content (AvgIpc) is 3.94. The van der Waals surface area contributed by atoms with E-state index in [0.29, 0.717) is 61.2 Å². The molecule has 2 aliphatic carbocycles. The molecule has 0 radical (unpaired) electrons. The molecular formula is C32H31Cl2N5O5. The maximum Gasteiger partial charge on any atom is 0.251 e. The number of ether oxygens (including phenoxy) is 2. The first kappa shape index (κ1) is 28.9. The van der Waals surface area contributed by atoms with E-state index >= 15 is 0 Å². The molecule has 0 bridgehead atoms. The van der Waals surface area contributed by atoms with Gasteiger partial charge in [-0.05, 0) is 74.9 Å². The smallest absolute Gasteiger partial charge is 0.251 e. The minimum absolute atomic E-state index is 0.0182. The third kappa shape index (κ3) is 4.85. The number of hydrogen-bond acceptors (Lipinski definition) is 7. The fraction of sp³-hybridized carbons (Fsp3) is 0.375. The molecule has 0 saturated heterocycles. The first-order valence-electron chi connectivity index (χ1n) is 14.5. The van der Waals surface area contributed by atoms with Crippen LogP contribution >= 0.6 is 23.2 Å². The van der Waals surface area contributed by atoms with Gasteiger partial charge in [0.2, 0.25) is 5.91 Å². The summed E-state index contributed by atoms with van der Waals surface area (Å²) in [6, 6.07) is 10.5. The Morgan fingerprint density at radius 2 is 1.89 bits per heavy atom. The van der Waals surface area contributed by atoms with E-state index in [1.807, 2.05) is 10.9 Å². The highest BCUT2D eigenvalue weighted by molar-refractivity contribution is 6.35. The summed E-state index contributed by atoms with van der Waals surface area (Å²) in [5.74, 6) is -0.235. The number of benzene rings is 2. The second-order valence-electron chi connectivity index (χ2n) is 12.2. The van der Waals surface area contributed by atoms with Gasteiger partial charge in [0.05, 0.1) is 25.4 Å². The zero-order valence-electron chi connectivity index (χ0n) is 24.2. The summed E-state index contributed by atoms with van der Waals surface area (Å²) in [4.78, 5) is 31.1. The Kier molecular flexibility index (Phi) is 6.80. The Labute approximate surface area is 263 Å². The van der Waals surface area contributed by atoms with E-state index in [1.54, 1.807) is 50.4 Å². The van der Waals surface area contributed by atoms with Gasteiger partial charge in [0.1, 0.15) is 40.3 Å². The van der Waals surface area contributed by atoms with E-state index in [-0.39, 0.29) is 25.0 Å². The molecule has 2 aromatic carbocycles. The predicted molar refractivity (Wildman–Crippen MR) is 165 cm³/mol. The van der Waals surface area contributed by atoms with Gasteiger partial charge in [0.15, 0.2) is 0 Å². The van der Waals surface area contributed by atoms with Gasteiger partial charge in [0.25, 0.3) is 5.91 Å². The molecule has 2 saturated carbocycles. The van der Waals surface area contributed by atoms with Crippen molar-refractivity contribution in [2.75, 3.05) is 20.3 Å². The SMILES string of the molecule is COc1cc(C(=O)NC[C@](O)(c2cc3c(c(-c4cc(Cl)cc(Cl)c4)n2)OC[C@]3(C)C(N)=O)C2CC2)cc2cn(C3CC3)nc12. The molecule has 1 aliphatic heterocycles. The normalized spacial score (nSPS) is 20.6. The number of nitrogens with zero attached hydrogens (tertiary/aromatic N) is 3. The highest BCUT2D eigenvalue weighted by Crippen LogP contribution is 2.50. The summed E-state index contributed by atoms with van der Waals surface area (Å²) >= 11 is 12.7. The van der Waals surface area contributed by atoms with Crippen LogP contribution in [0.1, 0.15) is 60.3 Å². The minimum atomic E-state index is -1.55. The summed E-state index contributed by atoms with van der Waals surface area (Å²) in [6.45, 7) is 1.60. The lowest BCUT2D eigenvalue weighted by atomic mass is 9.81. The monoisotopic (exact) mass is 635 g/mol. The predicted octanol–water partition coefficient (Wildman–Crippen LogP) is 4.91. The quantitative estimate of drug-likeness (QED) is 0.237. The van der Waals surface area contributed by atoms with Crippen LogP contribution in [0.25, 0.3) is 22.2 Å². The van der Waals surface area contributed by atoms with Gasteiger partial charge in [0, 0.05) is 38.3 Å². The number of rotatable bonds is 9. The van der Waals surface area contributed by atoms with Crippen molar-refractivity contribution in [2.24, 2.45) is 11.7 Å². The molecule has 7 rings (SSSR count). The molecule has 44 heavy (non-hydrogen) atoms. The number of nitrogens with two attached hydrogens (primary N) is 1. The highest BCUT2D eigenvalue weighted by atomic mass is 35.5. The largest absolute Gasteiger partial charge is 0.494 e. The van der Waals surface area contributed by atoms with Crippen molar-refractivity contribution in [1.29, 1.82) is 0 Å². The van der Waals surface area contributed by atoms with E-state index in [4.69, 9.17) is 43.4 Å². The molecule has 0 unspecified atom stereocenters. The van der Waals surface area contributed by atoms with Crippen LogP contribution in [0.3, 0.4) is 0 Å². The lowest BCUT2D eigenvalue weighted by Gasteiger charge is -2.30. The number of carbonyl (C=O) groups is 2. The Morgan fingerprint density at radius 3 is 2.52 bits per heavy atom. The van der Waals surface area contributed by atoms with Crippen LogP contribution in [0.5, 0.6) is 11.5 Å². The Morgan fingerprint density at radius 1 is 1.16 bits per heavy atom. The molecule has 3 heterocycles. The van der Waals surface area contributed by atoms with Crippen LogP contribution in [0, 0.1) is 5.92 Å². The van der Waals surface area contributed by atoms with Crippen molar-refractivity contribution in [3.63, 3.8) is 0 Å². The summed E-state index contributed by atoms with van der Waals surface area (Å²) in [5.41, 5.74) is 5.95. The van der Waals surface area contributed by atoms with Gasteiger partial charge in [-0.3, -0.25) is 14.3 Å². The molecule has 12 heteroatoms. The fourth-order valence-corrected chi connectivity index (χ4v) is 6.48. The Hall–Kier alpha value is -3.86. The molecule has 3 aliphatic rings. The molecule has 4 aromatic rings. The maximum absolute atomic E-state index is 13.5. The van der Waals surface area contributed by atoms with Crippen molar-refractivity contribution in [3.8, 4) is 22.8 Å². The molecule has 2 atom stereocenters. The highest BCUT2D eigenvalue weighted by Gasteiger charge is 2.50.